The molecule has 4 nitrogen and oxygen atoms in total. The van der Waals surface area contributed by atoms with Crippen LogP contribution in [0.2, 0.25) is 0 Å². The van der Waals surface area contributed by atoms with E-state index in [9.17, 15) is 4.79 Å². The minimum Gasteiger partial charge on any atom is -0.429 e. The third kappa shape index (κ3) is 4.21. The van der Waals surface area contributed by atoms with E-state index in [-0.39, 0.29) is 19.0 Å². The van der Waals surface area contributed by atoms with E-state index in [1.165, 1.54) is 5.56 Å². The molecule has 1 heterocycles. The van der Waals surface area contributed by atoms with Gasteiger partial charge in [-0.25, -0.2) is 0 Å². The highest BCUT2D eigenvalue weighted by Gasteiger charge is 2.41. The van der Waals surface area contributed by atoms with Gasteiger partial charge in [-0.3, -0.25) is 4.79 Å². The summed E-state index contributed by atoms with van der Waals surface area (Å²) in [4.78, 5) is 14.3. The lowest BCUT2D eigenvalue weighted by molar-refractivity contribution is -0.120. The van der Waals surface area contributed by atoms with Crippen LogP contribution in [-0.2, 0) is 10.2 Å². The second kappa shape index (κ2) is 9.13. The van der Waals surface area contributed by atoms with Gasteiger partial charge in [0, 0.05) is 24.1 Å². The predicted octanol–water partition coefficient (Wildman–Crippen LogP) is 2.50. The molecule has 0 spiro atoms. The Kier molecular flexibility index (Phi) is 7.52. The maximum atomic E-state index is 12.5. The SMILES string of the molecule is C=CCN1C(=O)CC(CC=C)(CC=C)c2ccccc21.O[B]O. The number of carbonyl (C=O) groups is 1. The number of rotatable bonds is 6. The first-order valence-corrected chi connectivity index (χ1v) is 7.43. The summed E-state index contributed by atoms with van der Waals surface area (Å²) in [6.45, 7) is 12.0. The average Bonchev–Trinajstić information content (AvgIpc) is 2.53. The van der Waals surface area contributed by atoms with Gasteiger partial charge in [0.15, 0.2) is 0 Å². The summed E-state index contributed by atoms with van der Waals surface area (Å²) in [7, 11) is 0. The topological polar surface area (TPSA) is 60.8 Å². The summed E-state index contributed by atoms with van der Waals surface area (Å²) in [5.74, 6) is 0.146. The van der Waals surface area contributed by atoms with E-state index >= 15 is 0 Å². The van der Waals surface area contributed by atoms with Gasteiger partial charge in [0.25, 0.3) is 0 Å². The van der Waals surface area contributed by atoms with Crippen LogP contribution in [0, 0.1) is 0 Å². The monoisotopic (exact) mass is 312 g/mol. The summed E-state index contributed by atoms with van der Waals surface area (Å²) in [6.07, 6.45) is 7.62. The number of anilines is 1. The minimum atomic E-state index is -0.200. The van der Waals surface area contributed by atoms with Crippen LogP contribution in [0.4, 0.5) is 5.69 Å². The van der Waals surface area contributed by atoms with Gasteiger partial charge in [-0.05, 0) is 24.5 Å². The molecule has 23 heavy (non-hydrogen) atoms. The molecule has 1 aliphatic rings. The normalized spacial score (nSPS) is 14.9. The Balaban J connectivity index is 0.000000816. The number of amides is 1. The van der Waals surface area contributed by atoms with Crippen molar-refractivity contribution in [3.05, 3.63) is 67.8 Å². The largest absolute Gasteiger partial charge is 0.482 e. The first-order valence-electron chi connectivity index (χ1n) is 7.43. The van der Waals surface area contributed by atoms with Crippen molar-refractivity contribution >= 4 is 19.3 Å². The molecule has 0 atom stereocenters. The summed E-state index contributed by atoms with van der Waals surface area (Å²) in [5, 5.41) is 14.0. The Bertz CT molecular complexity index is 561. The number of allylic oxidation sites excluding steroid dienone is 2. The molecule has 1 aromatic rings. The fourth-order valence-corrected chi connectivity index (χ4v) is 3.10. The number of para-hydroxylation sites is 1. The molecular formula is C18H23BNO3. The van der Waals surface area contributed by atoms with Crippen molar-refractivity contribution < 1.29 is 14.8 Å². The Morgan fingerprint density at radius 3 is 2.22 bits per heavy atom. The Labute approximate surface area is 138 Å². The van der Waals surface area contributed by atoms with E-state index < -0.39 is 0 Å². The number of nitrogens with zero attached hydrogens (tertiary/aromatic N) is 1. The first-order chi connectivity index (χ1) is 11.1. The molecule has 0 saturated carbocycles. The van der Waals surface area contributed by atoms with Crippen molar-refractivity contribution in [1.82, 2.24) is 0 Å². The van der Waals surface area contributed by atoms with Crippen LogP contribution in [0.3, 0.4) is 0 Å². The molecule has 0 aromatic heterocycles. The molecule has 0 unspecified atom stereocenters. The molecule has 0 aliphatic carbocycles. The smallest absolute Gasteiger partial charge is 0.429 e. The van der Waals surface area contributed by atoms with Crippen molar-refractivity contribution in [3.63, 3.8) is 0 Å². The second-order valence-corrected chi connectivity index (χ2v) is 5.37. The number of hydrogen-bond acceptors (Lipinski definition) is 3. The zero-order valence-corrected chi connectivity index (χ0v) is 13.3. The molecule has 121 valence electrons. The highest BCUT2D eigenvalue weighted by molar-refractivity contribution is 6.13. The maximum Gasteiger partial charge on any atom is 0.482 e. The van der Waals surface area contributed by atoms with Crippen molar-refractivity contribution in [2.75, 3.05) is 11.4 Å². The molecular weight excluding hydrogens is 289 g/mol. The Hall–Kier alpha value is -2.11. The lowest BCUT2D eigenvalue weighted by atomic mass is 9.69. The number of benzene rings is 1. The van der Waals surface area contributed by atoms with Gasteiger partial charge in [-0.2, -0.15) is 0 Å². The van der Waals surface area contributed by atoms with Crippen molar-refractivity contribution in [3.8, 4) is 0 Å². The molecule has 1 amide bonds. The van der Waals surface area contributed by atoms with Crippen LogP contribution in [0.1, 0.15) is 24.8 Å². The van der Waals surface area contributed by atoms with Crippen LogP contribution in [0.15, 0.2) is 62.2 Å². The Morgan fingerprint density at radius 1 is 1.13 bits per heavy atom. The summed E-state index contributed by atoms with van der Waals surface area (Å²) >= 11 is 0. The first kappa shape index (κ1) is 18.9. The standard InChI is InChI=1S/C18H21NO.BH2O2/c1-4-11-18(12-5-2)14-17(20)19(13-6-3)16-10-8-7-9-15(16)18;2-1-3/h4-10H,1-3,11-14H2;2-3H. The molecule has 0 bridgehead atoms. The third-order valence-corrected chi connectivity index (χ3v) is 3.94. The van der Waals surface area contributed by atoms with Crippen LogP contribution < -0.4 is 4.90 Å². The second-order valence-electron chi connectivity index (χ2n) is 5.37. The van der Waals surface area contributed by atoms with Gasteiger partial charge in [-0.1, -0.05) is 36.4 Å². The van der Waals surface area contributed by atoms with Gasteiger partial charge in [0.05, 0.1) is 0 Å². The summed E-state index contributed by atoms with van der Waals surface area (Å²) in [6, 6.07) is 8.13. The molecule has 2 rings (SSSR count). The Morgan fingerprint density at radius 2 is 1.70 bits per heavy atom. The van der Waals surface area contributed by atoms with Crippen molar-refractivity contribution in [1.29, 1.82) is 0 Å². The number of carbonyl (C=O) groups excluding carboxylic acids is 1. The molecule has 1 radical (unpaired) electrons. The van der Waals surface area contributed by atoms with Gasteiger partial charge in [0.2, 0.25) is 5.91 Å². The van der Waals surface area contributed by atoms with E-state index in [2.05, 4.69) is 25.8 Å². The number of hydrogen-bond donors (Lipinski definition) is 2. The van der Waals surface area contributed by atoms with E-state index in [1.54, 1.807) is 6.08 Å². The molecule has 2 N–H and O–H groups in total. The van der Waals surface area contributed by atoms with E-state index in [0.717, 1.165) is 18.5 Å². The predicted molar refractivity (Wildman–Crippen MR) is 95.1 cm³/mol. The van der Waals surface area contributed by atoms with Crippen LogP contribution >= 0.6 is 0 Å². The minimum absolute atomic E-state index is 0. The van der Waals surface area contributed by atoms with Crippen LogP contribution in [0.25, 0.3) is 0 Å². The van der Waals surface area contributed by atoms with Crippen LogP contribution in [-0.4, -0.2) is 30.2 Å². The molecule has 0 fully saturated rings. The van der Waals surface area contributed by atoms with Crippen molar-refractivity contribution in [2.45, 2.75) is 24.7 Å². The van der Waals surface area contributed by atoms with E-state index in [1.807, 2.05) is 35.3 Å². The van der Waals surface area contributed by atoms with Gasteiger partial charge in [-0.15, -0.1) is 19.7 Å². The molecule has 1 aromatic carbocycles. The van der Waals surface area contributed by atoms with Gasteiger partial charge < -0.3 is 14.9 Å². The highest BCUT2D eigenvalue weighted by atomic mass is 16.4. The number of fused-ring (bicyclic) bond motifs is 1. The average molecular weight is 312 g/mol. The molecule has 1 aliphatic heterocycles. The lowest BCUT2D eigenvalue weighted by Gasteiger charge is -2.42. The maximum absolute atomic E-state index is 12.5. The van der Waals surface area contributed by atoms with E-state index in [4.69, 9.17) is 10.0 Å². The van der Waals surface area contributed by atoms with Gasteiger partial charge >= 0.3 is 7.69 Å². The van der Waals surface area contributed by atoms with Gasteiger partial charge in [0.1, 0.15) is 0 Å². The zero-order chi connectivity index (χ0) is 17.3. The quantitative estimate of drug-likeness (QED) is 0.627. The molecule has 0 saturated heterocycles. The van der Waals surface area contributed by atoms with Crippen LogP contribution in [0.5, 0.6) is 0 Å². The van der Waals surface area contributed by atoms with Crippen molar-refractivity contribution in [2.24, 2.45) is 0 Å². The fourth-order valence-electron chi connectivity index (χ4n) is 3.10. The zero-order valence-electron chi connectivity index (χ0n) is 13.3. The highest BCUT2D eigenvalue weighted by Crippen LogP contribution is 2.45. The molecule has 5 heteroatoms. The summed E-state index contributed by atoms with van der Waals surface area (Å²) < 4.78 is 0. The summed E-state index contributed by atoms with van der Waals surface area (Å²) in [5.41, 5.74) is 2.00. The third-order valence-electron chi connectivity index (χ3n) is 3.94. The fraction of sp³-hybridized carbons (Fsp3) is 0.278. The lowest BCUT2D eigenvalue weighted by Crippen LogP contribution is -2.44. The van der Waals surface area contributed by atoms with E-state index in [0.29, 0.717) is 13.0 Å².